The molecule has 0 spiro atoms. The van der Waals surface area contributed by atoms with Crippen molar-refractivity contribution in [1.82, 2.24) is 9.80 Å². The minimum atomic E-state index is -4.30. The lowest BCUT2D eigenvalue weighted by molar-refractivity contribution is -0.137. The summed E-state index contributed by atoms with van der Waals surface area (Å²) in [5.74, 6) is 0.517. The lowest BCUT2D eigenvalue weighted by atomic mass is 9.92. The molecule has 1 amide bonds. The number of fused-ring (bicyclic) bond motifs is 1. The Hall–Kier alpha value is -1.82. The predicted molar refractivity (Wildman–Crippen MR) is 85.1 cm³/mol. The Morgan fingerprint density at radius 2 is 1.88 bits per heavy atom. The molecule has 2 aliphatic rings. The third-order valence-electron chi connectivity index (χ3n) is 5.13. The van der Waals surface area contributed by atoms with Gasteiger partial charge in [0.25, 0.3) is 0 Å². The number of nitrogens with zero attached hydrogens (tertiary/aromatic N) is 2. The van der Waals surface area contributed by atoms with Gasteiger partial charge in [-0.25, -0.2) is 0 Å². The van der Waals surface area contributed by atoms with E-state index in [9.17, 15) is 18.0 Å². The molecule has 0 radical (unpaired) electrons. The Morgan fingerprint density at radius 1 is 1.21 bits per heavy atom. The first-order chi connectivity index (χ1) is 11.4. The van der Waals surface area contributed by atoms with Crippen LogP contribution in [0.5, 0.6) is 0 Å². The van der Waals surface area contributed by atoms with Crippen LogP contribution in [0.4, 0.5) is 13.2 Å². The van der Waals surface area contributed by atoms with E-state index in [0.717, 1.165) is 43.6 Å². The van der Waals surface area contributed by atoms with Crippen LogP contribution in [0.3, 0.4) is 0 Å². The highest BCUT2D eigenvalue weighted by molar-refractivity contribution is 5.87. The largest absolute Gasteiger partial charge is 0.416 e. The zero-order valence-electron chi connectivity index (χ0n) is 13.4. The Bertz CT molecular complexity index is 612. The molecule has 2 aliphatic heterocycles. The minimum absolute atomic E-state index is 0.0465. The number of hydrogen-bond acceptors (Lipinski definition) is 2. The van der Waals surface area contributed by atoms with Gasteiger partial charge in [-0.2, -0.15) is 13.2 Å². The van der Waals surface area contributed by atoms with E-state index in [1.807, 2.05) is 4.90 Å². The second-order valence-corrected chi connectivity index (χ2v) is 6.56. The number of carbonyl (C=O) groups is 1. The lowest BCUT2D eigenvalue weighted by Gasteiger charge is -2.38. The summed E-state index contributed by atoms with van der Waals surface area (Å²) < 4.78 is 37.9. The average Bonchev–Trinajstić information content (AvgIpc) is 2.96. The van der Waals surface area contributed by atoms with Crippen LogP contribution in [0.1, 0.15) is 24.0 Å². The third kappa shape index (κ3) is 3.48. The first-order valence-corrected chi connectivity index (χ1v) is 8.20. The van der Waals surface area contributed by atoms with Crippen molar-refractivity contribution in [2.75, 3.05) is 19.6 Å². The van der Waals surface area contributed by atoms with Crippen molar-refractivity contribution >= 4 is 5.91 Å². The van der Waals surface area contributed by atoms with E-state index in [-0.39, 0.29) is 11.9 Å². The maximum atomic E-state index is 12.6. The number of rotatable bonds is 3. The number of benzene rings is 1. The van der Waals surface area contributed by atoms with Crippen LogP contribution in [0, 0.1) is 5.92 Å². The standard InChI is InChI=1S/C18H21F3N2O/c1-2-17(24)23-10-8-14-7-9-22(16(14)12-23)11-13-3-5-15(6-4-13)18(19,20)21/h2-6,14,16H,1,7-12H2/t14-,16+/m0/s1. The second kappa shape index (κ2) is 6.59. The van der Waals surface area contributed by atoms with Crippen molar-refractivity contribution in [2.24, 2.45) is 5.92 Å². The van der Waals surface area contributed by atoms with E-state index < -0.39 is 11.7 Å². The topological polar surface area (TPSA) is 23.6 Å². The van der Waals surface area contributed by atoms with Crippen molar-refractivity contribution in [3.63, 3.8) is 0 Å². The fraction of sp³-hybridized carbons (Fsp3) is 0.500. The summed E-state index contributed by atoms with van der Waals surface area (Å²) in [4.78, 5) is 15.9. The number of amides is 1. The van der Waals surface area contributed by atoms with Crippen LogP contribution in [0.15, 0.2) is 36.9 Å². The molecule has 0 bridgehead atoms. The van der Waals surface area contributed by atoms with Gasteiger partial charge in [0.05, 0.1) is 5.56 Å². The number of alkyl halides is 3. The van der Waals surface area contributed by atoms with Crippen LogP contribution < -0.4 is 0 Å². The number of carbonyl (C=O) groups excluding carboxylic acids is 1. The Labute approximate surface area is 139 Å². The van der Waals surface area contributed by atoms with Gasteiger partial charge in [-0.3, -0.25) is 9.69 Å². The number of likely N-dealkylation sites (tertiary alicyclic amines) is 2. The highest BCUT2D eigenvalue weighted by Gasteiger charge is 2.39. The molecule has 130 valence electrons. The molecule has 3 nitrogen and oxygen atoms in total. The van der Waals surface area contributed by atoms with Crippen LogP contribution in [-0.2, 0) is 17.5 Å². The third-order valence-corrected chi connectivity index (χ3v) is 5.13. The molecule has 2 heterocycles. The summed E-state index contributed by atoms with van der Waals surface area (Å²) in [5.41, 5.74) is 0.252. The molecular formula is C18H21F3N2O. The molecule has 24 heavy (non-hydrogen) atoms. The van der Waals surface area contributed by atoms with E-state index in [1.165, 1.54) is 6.08 Å². The lowest BCUT2D eigenvalue weighted by Crippen LogP contribution is -2.49. The molecule has 0 unspecified atom stereocenters. The molecule has 6 heteroatoms. The smallest absolute Gasteiger partial charge is 0.338 e. The van der Waals surface area contributed by atoms with Crippen LogP contribution >= 0.6 is 0 Å². The van der Waals surface area contributed by atoms with Gasteiger partial charge in [-0.15, -0.1) is 0 Å². The molecule has 0 aromatic heterocycles. The molecular weight excluding hydrogens is 317 g/mol. The molecule has 3 rings (SSSR count). The van der Waals surface area contributed by atoms with Crippen LogP contribution in [0.2, 0.25) is 0 Å². The number of hydrogen-bond donors (Lipinski definition) is 0. The molecule has 0 saturated carbocycles. The molecule has 1 aromatic carbocycles. The summed E-state index contributed by atoms with van der Waals surface area (Å²) in [7, 11) is 0. The highest BCUT2D eigenvalue weighted by atomic mass is 19.4. The van der Waals surface area contributed by atoms with E-state index >= 15 is 0 Å². The maximum Gasteiger partial charge on any atom is 0.416 e. The minimum Gasteiger partial charge on any atom is -0.338 e. The highest BCUT2D eigenvalue weighted by Crippen LogP contribution is 2.33. The van der Waals surface area contributed by atoms with Gasteiger partial charge in [0.1, 0.15) is 0 Å². The van der Waals surface area contributed by atoms with E-state index in [1.54, 1.807) is 12.1 Å². The van der Waals surface area contributed by atoms with Crippen molar-refractivity contribution in [2.45, 2.75) is 31.6 Å². The first-order valence-electron chi connectivity index (χ1n) is 8.20. The fourth-order valence-corrected chi connectivity index (χ4v) is 3.79. The van der Waals surface area contributed by atoms with Gasteiger partial charge < -0.3 is 4.90 Å². The number of halogens is 3. The molecule has 0 N–H and O–H groups in total. The molecule has 1 aromatic rings. The average molecular weight is 338 g/mol. The monoisotopic (exact) mass is 338 g/mol. The van der Waals surface area contributed by atoms with Crippen molar-refractivity contribution in [1.29, 1.82) is 0 Å². The van der Waals surface area contributed by atoms with Gasteiger partial charge >= 0.3 is 6.18 Å². The van der Waals surface area contributed by atoms with Crippen molar-refractivity contribution in [3.05, 3.63) is 48.0 Å². The van der Waals surface area contributed by atoms with Crippen LogP contribution in [-0.4, -0.2) is 41.4 Å². The Kier molecular flexibility index (Phi) is 4.67. The SMILES string of the molecule is C=CC(=O)N1CC[C@@H]2CCN(Cc3ccc(C(F)(F)F)cc3)[C@@H]2C1. The maximum absolute atomic E-state index is 12.6. The van der Waals surface area contributed by atoms with Gasteiger partial charge in [0, 0.05) is 25.7 Å². The Balaban J connectivity index is 1.67. The quantitative estimate of drug-likeness (QED) is 0.790. The zero-order chi connectivity index (χ0) is 17.3. The summed E-state index contributed by atoms with van der Waals surface area (Å²) >= 11 is 0. The van der Waals surface area contributed by atoms with Gasteiger partial charge in [-0.1, -0.05) is 18.7 Å². The van der Waals surface area contributed by atoms with Crippen LogP contribution in [0.25, 0.3) is 0 Å². The normalized spacial score (nSPS) is 24.7. The summed E-state index contributed by atoms with van der Waals surface area (Å²) in [6.07, 6.45) is -0.892. The molecule has 2 saturated heterocycles. The second-order valence-electron chi connectivity index (χ2n) is 6.56. The summed E-state index contributed by atoms with van der Waals surface area (Å²) in [6, 6.07) is 5.65. The van der Waals surface area contributed by atoms with Gasteiger partial charge in [0.2, 0.25) is 5.91 Å². The summed E-state index contributed by atoms with van der Waals surface area (Å²) in [5, 5.41) is 0. The van der Waals surface area contributed by atoms with Crippen molar-refractivity contribution < 1.29 is 18.0 Å². The fourth-order valence-electron chi connectivity index (χ4n) is 3.79. The van der Waals surface area contributed by atoms with E-state index in [2.05, 4.69) is 11.5 Å². The zero-order valence-corrected chi connectivity index (χ0v) is 13.4. The predicted octanol–water partition coefficient (Wildman–Crippen LogP) is 3.31. The van der Waals surface area contributed by atoms with Gasteiger partial charge in [0.15, 0.2) is 0 Å². The summed E-state index contributed by atoms with van der Waals surface area (Å²) in [6.45, 7) is 6.52. The van der Waals surface area contributed by atoms with Gasteiger partial charge in [-0.05, 0) is 49.1 Å². The first kappa shape index (κ1) is 17.0. The molecule has 2 atom stereocenters. The molecule has 2 fully saturated rings. The van der Waals surface area contributed by atoms with Crippen molar-refractivity contribution in [3.8, 4) is 0 Å². The van der Waals surface area contributed by atoms with E-state index in [0.29, 0.717) is 19.0 Å². The number of piperidine rings is 1. The van der Waals surface area contributed by atoms with E-state index in [4.69, 9.17) is 0 Å². The Morgan fingerprint density at radius 3 is 2.50 bits per heavy atom. The molecule has 0 aliphatic carbocycles.